The zero-order valence-electron chi connectivity index (χ0n) is 16.4. The van der Waals surface area contributed by atoms with Crippen molar-refractivity contribution in [2.75, 3.05) is 7.11 Å². The van der Waals surface area contributed by atoms with Crippen molar-refractivity contribution >= 4 is 5.78 Å². The van der Waals surface area contributed by atoms with E-state index in [-0.39, 0.29) is 5.78 Å². The molecule has 0 fully saturated rings. The van der Waals surface area contributed by atoms with Gasteiger partial charge in [0.1, 0.15) is 0 Å². The molecule has 0 bridgehead atoms. The Labute approximate surface area is 173 Å². The second kappa shape index (κ2) is 8.67. The summed E-state index contributed by atoms with van der Waals surface area (Å²) in [4.78, 5) is 13.7. The lowest BCUT2D eigenvalue weighted by Crippen LogP contribution is -2.43. The number of alkyl halides is 3. The first kappa shape index (κ1) is 21.5. The molecule has 3 aromatic rings. The number of rotatable bonds is 7. The highest BCUT2D eigenvalue weighted by atomic mass is 19.4. The lowest BCUT2D eigenvalue weighted by Gasteiger charge is -2.38. The molecule has 3 rings (SSSR count). The third-order valence-electron chi connectivity index (χ3n) is 5.17. The molecule has 0 heterocycles. The zero-order chi connectivity index (χ0) is 21.8. The fourth-order valence-corrected chi connectivity index (χ4v) is 3.70. The second-order valence-corrected chi connectivity index (χ2v) is 6.83. The highest BCUT2D eigenvalue weighted by Crippen LogP contribution is 2.44. The minimum Gasteiger partial charge on any atom is -0.364 e. The smallest absolute Gasteiger partial charge is 0.364 e. The van der Waals surface area contributed by atoms with Gasteiger partial charge in [-0.3, -0.25) is 4.79 Å². The van der Waals surface area contributed by atoms with E-state index in [0.717, 1.165) is 12.1 Å². The Morgan fingerprint density at radius 2 is 1.40 bits per heavy atom. The van der Waals surface area contributed by atoms with Crippen LogP contribution in [0.4, 0.5) is 13.2 Å². The number of hydrogen-bond acceptors (Lipinski definition) is 2. The summed E-state index contributed by atoms with van der Waals surface area (Å²) < 4.78 is 45.0. The molecule has 0 saturated carbocycles. The minimum atomic E-state index is -4.44. The van der Waals surface area contributed by atoms with E-state index < -0.39 is 23.3 Å². The molecule has 0 aromatic heterocycles. The van der Waals surface area contributed by atoms with Crippen LogP contribution in [0.1, 0.15) is 33.0 Å². The van der Waals surface area contributed by atoms with Crippen LogP contribution in [0.5, 0.6) is 0 Å². The summed E-state index contributed by atoms with van der Waals surface area (Å²) in [6, 6.07) is 22.3. The van der Waals surface area contributed by atoms with Gasteiger partial charge in [-0.2, -0.15) is 13.2 Å². The highest BCUT2D eigenvalue weighted by molar-refractivity contribution is 6.04. The van der Waals surface area contributed by atoms with E-state index in [0.29, 0.717) is 16.7 Å². The maximum atomic E-state index is 13.7. The molecule has 0 saturated heterocycles. The molecule has 5 heteroatoms. The third-order valence-corrected chi connectivity index (χ3v) is 5.17. The SMILES string of the molecule is C=C[C@H](c1ccc(C(F)(F)F)cc1)[C@@](OC)(C(=O)c1ccccc1)c1ccccc1. The van der Waals surface area contributed by atoms with Crippen LogP contribution in [-0.2, 0) is 16.5 Å². The monoisotopic (exact) mass is 410 g/mol. The summed E-state index contributed by atoms with van der Waals surface area (Å²) >= 11 is 0. The van der Waals surface area contributed by atoms with Crippen molar-refractivity contribution in [2.24, 2.45) is 0 Å². The van der Waals surface area contributed by atoms with Crippen molar-refractivity contribution in [1.29, 1.82) is 0 Å². The quantitative estimate of drug-likeness (QED) is 0.333. The number of carbonyl (C=O) groups is 1. The summed E-state index contributed by atoms with van der Waals surface area (Å²) in [5, 5.41) is 0. The predicted molar refractivity (Wildman–Crippen MR) is 110 cm³/mol. The standard InChI is InChI=1S/C25H21F3O2/c1-3-22(18-14-16-21(17-15-18)25(26,27)28)24(30-2,20-12-8-5-9-13-20)23(29)19-10-6-4-7-11-19/h3-17,22H,1H2,2H3/t22-,24-/m1/s1. The van der Waals surface area contributed by atoms with Crippen LogP contribution in [0.2, 0.25) is 0 Å². The fourth-order valence-electron chi connectivity index (χ4n) is 3.70. The third kappa shape index (κ3) is 3.94. The Morgan fingerprint density at radius 3 is 1.87 bits per heavy atom. The molecule has 0 aliphatic rings. The number of carbonyl (C=O) groups excluding carboxylic acids is 1. The van der Waals surface area contributed by atoms with Crippen molar-refractivity contribution in [3.05, 3.63) is 120 Å². The molecule has 3 aromatic carbocycles. The molecule has 30 heavy (non-hydrogen) atoms. The largest absolute Gasteiger partial charge is 0.416 e. The average Bonchev–Trinajstić information content (AvgIpc) is 2.78. The molecular weight excluding hydrogens is 389 g/mol. The van der Waals surface area contributed by atoms with Gasteiger partial charge in [0.15, 0.2) is 11.4 Å². The van der Waals surface area contributed by atoms with Crippen molar-refractivity contribution in [1.82, 2.24) is 0 Å². The summed E-state index contributed by atoms with van der Waals surface area (Å²) in [7, 11) is 1.43. The molecule has 0 radical (unpaired) electrons. The Balaban J connectivity index is 2.20. The van der Waals surface area contributed by atoms with Crippen LogP contribution in [0, 0.1) is 0 Å². The number of halogens is 3. The Kier molecular flexibility index (Phi) is 6.22. The number of ketones is 1. The zero-order valence-corrected chi connectivity index (χ0v) is 16.4. The van der Waals surface area contributed by atoms with Crippen LogP contribution in [0.3, 0.4) is 0 Å². The van der Waals surface area contributed by atoms with E-state index >= 15 is 0 Å². The van der Waals surface area contributed by atoms with Gasteiger partial charge in [-0.1, -0.05) is 78.9 Å². The van der Waals surface area contributed by atoms with Crippen LogP contribution >= 0.6 is 0 Å². The topological polar surface area (TPSA) is 26.3 Å². The lowest BCUT2D eigenvalue weighted by molar-refractivity contribution is -0.137. The van der Waals surface area contributed by atoms with Crippen molar-refractivity contribution in [3.63, 3.8) is 0 Å². The molecule has 2 nitrogen and oxygen atoms in total. The number of hydrogen-bond donors (Lipinski definition) is 0. The average molecular weight is 410 g/mol. The normalized spacial score (nSPS) is 14.5. The number of methoxy groups -OCH3 is 1. The maximum Gasteiger partial charge on any atom is 0.416 e. The summed E-state index contributed by atoms with van der Waals surface area (Å²) in [5.74, 6) is -1.03. The summed E-state index contributed by atoms with van der Waals surface area (Å²) in [5.41, 5.74) is -0.739. The van der Waals surface area contributed by atoms with Crippen molar-refractivity contribution in [3.8, 4) is 0 Å². The highest BCUT2D eigenvalue weighted by Gasteiger charge is 2.47. The van der Waals surface area contributed by atoms with Gasteiger partial charge in [0.05, 0.1) is 5.56 Å². The van der Waals surface area contributed by atoms with Gasteiger partial charge in [0.25, 0.3) is 0 Å². The van der Waals surface area contributed by atoms with E-state index in [4.69, 9.17) is 4.74 Å². The first-order valence-corrected chi connectivity index (χ1v) is 9.35. The van der Waals surface area contributed by atoms with Crippen LogP contribution in [-0.4, -0.2) is 12.9 Å². The number of ether oxygens (including phenoxy) is 1. The predicted octanol–water partition coefficient (Wildman–Crippen LogP) is 6.40. The van der Waals surface area contributed by atoms with Gasteiger partial charge in [-0.25, -0.2) is 0 Å². The lowest BCUT2D eigenvalue weighted by atomic mass is 9.72. The second-order valence-electron chi connectivity index (χ2n) is 6.83. The first-order valence-electron chi connectivity index (χ1n) is 9.35. The fraction of sp³-hybridized carbons (Fsp3) is 0.160. The Bertz CT molecular complexity index is 996. The van der Waals surface area contributed by atoms with E-state index in [1.54, 1.807) is 60.7 Å². The summed E-state index contributed by atoms with van der Waals surface area (Å²) in [6.45, 7) is 3.87. The molecule has 154 valence electrons. The van der Waals surface area contributed by atoms with Crippen LogP contribution in [0.25, 0.3) is 0 Å². The Morgan fingerprint density at radius 1 is 0.867 bits per heavy atom. The Hall–Kier alpha value is -3.18. The maximum absolute atomic E-state index is 13.7. The van der Waals surface area contributed by atoms with Gasteiger partial charge < -0.3 is 4.74 Å². The molecule has 0 unspecified atom stereocenters. The van der Waals surface area contributed by atoms with E-state index in [1.807, 2.05) is 6.07 Å². The molecule has 0 N–H and O–H groups in total. The number of Topliss-reactive ketones (excluding diaryl/α,β-unsaturated/α-hetero) is 1. The van der Waals surface area contributed by atoms with E-state index in [2.05, 4.69) is 6.58 Å². The van der Waals surface area contributed by atoms with Crippen molar-refractivity contribution < 1.29 is 22.7 Å². The molecule has 0 aliphatic carbocycles. The molecular formula is C25H21F3O2. The molecule has 0 aliphatic heterocycles. The molecule has 0 amide bonds. The summed E-state index contributed by atoms with van der Waals surface area (Å²) in [6.07, 6.45) is -2.90. The van der Waals surface area contributed by atoms with Gasteiger partial charge in [-0.05, 0) is 23.3 Å². The number of benzene rings is 3. The van der Waals surface area contributed by atoms with Gasteiger partial charge in [0, 0.05) is 18.6 Å². The van der Waals surface area contributed by atoms with Crippen LogP contribution < -0.4 is 0 Å². The van der Waals surface area contributed by atoms with Gasteiger partial charge >= 0.3 is 6.18 Å². The van der Waals surface area contributed by atoms with E-state index in [9.17, 15) is 18.0 Å². The van der Waals surface area contributed by atoms with Crippen LogP contribution in [0.15, 0.2) is 97.6 Å². The first-order chi connectivity index (χ1) is 14.3. The van der Waals surface area contributed by atoms with Crippen molar-refractivity contribution in [2.45, 2.75) is 17.7 Å². The molecule has 0 spiro atoms. The van der Waals surface area contributed by atoms with Gasteiger partial charge in [0.2, 0.25) is 0 Å². The van der Waals surface area contributed by atoms with E-state index in [1.165, 1.54) is 19.2 Å². The molecule has 2 atom stereocenters. The van der Waals surface area contributed by atoms with Gasteiger partial charge in [-0.15, -0.1) is 6.58 Å². The minimum absolute atomic E-state index is 0.304.